The lowest BCUT2D eigenvalue weighted by molar-refractivity contribution is -0.131. The lowest BCUT2D eigenvalue weighted by atomic mass is 10.0. The van der Waals surface area contributed by atoms with Crippen molar-refractivity contribution in [3.8, 4) is 5.75 Å². The maximum atomic E-state index is 12.8. The number of halogens is 1. The number of aromatic hydroxyl groups is 1. The fourth-order valence-electron chi connectivity index (χ4n) is 2.71. The van der Waals surface area contributed by atoms with Gasteiger partial charge in [-0.2, -0.15) is 0 Å². The van der Waals surface area contributed by atoms with Crippen LogP contribution in [0.3, 0.4) is 0 Å². The van der Waals surface area contributed by atoms with Gasteiger partial charge in [0.1, 0.15) is 5.75 Å². The molecule has 0 radical (unpaired) electrons. The Labute approximate surface area is 170 Å². The number of fused-ring (bicyclic) bond motifs is 1. The number of hydrogen-bond acceptors (Lipinski definition) is 4. The molecule has 0 fully saturated rings. The van der Waals surface area contributed by atoms with Crippen LogP contribution in [-0.4, -0.2) is 28.0 Å². The Hall–Kier alpha value is -3.84. The molecule has 3 aromatic rings. The van der Waals surface area contributed by atoms with Gasteiger partial charge in [0, 0.05) is 17.8 Å². The smallest absolute Gasteiger partial charge is 0.328 e. The Morgan fingerprint density at radius 1 is 0.931 bits per heavy atom. The molecule has 3 rings (SSSR count). The van der Waals surface area contributed by atoms with Gasteiger partial charge in [-0.15, -0.1) is 0 Å². The van der Waals surface area contributed by atoms with E-state index in [9.17, 15) is 19.5 Å². The van der Waals surface area contributed by atoms with Gasteiger partial charge in [0.25, 0.3) is 5.91 Å². The lowest BCUT2D eigenvalue weighted by Gasteiger charge is -2.12. The molecule has 0 aliphatic heterocycles. The fraction of sp³-hybridized carbons (Fsp3) is 0. The minimum absolute atomic E-state index is 0.119. The van der Waals surface area contributed by atoms with E-state index in [1.807, 2.05) is 12.1 Å². The first kappa shape index (κ1) is 19.9. The van der Waals surface area contributed by atoms with Crippen molar-refractivity contribution in [2.24, 2.45) is 0 Å². The second-order valence-corrected chi connectivity index (χ2v) is 6.40. The zero-order chi connectivity index (χ0) is 21.0. The molecular formula is C21H15ClN2O5. The van der Waals surface area contributed by atoms with Crippen molar-refractivity contribution in [2.45, 2.75) is 0 Å². The van der Waals surface area contributed by atoms with E-state index in [2.05, 4.69) is 10.6 Å². The van der Waals surface area contributed by atoms with Crippen molar-refractivity contribution in [3.05, 3.63) is 77.3 Å². The Bertz CT molecular complexity index is 1160. The van der Waals surface area contributed by atoms with E-state index in [0.29, 0.717) is 17.1 Å². The van der Waals surface area contributed by atoms with E-state index in [4.69, 9.17) is 16.7 Å². The number of phenols is 1. The average molecular weight is 411 g/mol. The van der Waals surface area contributed by atoms with Crippen LogP contribution < -0.4 is 10.6 Å². The number of benzene rings is 3. The molecule has 0 saturated heterocycles. The normalized spacial score (nSPS) is 10.8. The largest absolute Gasteiger partial charge is 0.507 e. The van der Waals surface area contributed by atoms with Gasteiger partial charge >= 0.3 is 5.97 Å². The number of rotatable bonds is 5. The molecule has 0 bridgehead atoms. The molecule has 0 atom stereocenters. The molecule has 2 amide bonds. The second-order valence-electron chi connectivity index (χ2n) is 5.99. The summed E-state index contributed by atoms with van der Waals surface area (Å²) in [6, 6.07) is 14.7. The molecule has 0 aliphatic carbocycles. The third kappa shape index (κ3) is 4.72. The first-order chi connectivity index (χ1) is 13.8. The molecule has 0 heterocycles. The number of carboxylic acid groups (broad SMARTS) is 1. The van der Waals surface area contributed by atoms with E-state index in [1.165, 1.54) is 24.3 Å². The highest BCUT2D eigenvalue weighted by Crippen LogP contribution is 2.30. The number of amides is 2. The average Bonchev–Trinajstić information content (AvgIpc) is 2.68. The molecule has 146 valence electrons. The first-order valence-corrected chi connectivity index (χ1v) is 8.76. The molecule has 0 aromatic heterocycles. The summed E-state index contributed by atoms with van der Waals surface area (Å²) >= 11 is 6.05. The number of anilines is 2. The van der Waals surface area contributed by atoms with E-state index in [1.54, 1.807) is 18.2 Å². The van der Waals surface area contributed by atoms with Crippen LogP contribution >= 0.6 is 11.6 Å². The summed E-state index contributed by atoms with van der Waals surface area (Å²) in [6.07, 6.45) is 1.54. The van der Waals surface area contributed by atoms with Crippen LogP contribution in [0.1, 0.15) is 10.4 Å². The molecular weight excluding hydrogens is 396 g/mol. The van der Waals surface area contributed by atoms with Gasteiger partial charge in [-0.05, 0) is 35.0 Å². The number of phenolic OH excluding ortho intramolecular Hbond substituents is 1. The number of carboxylic acids is 1. The van der Waals surface area contributed by atoms with Crippen molar-refractivity contribution < 1.29 is 24.6 Å². The Kier molecular flexibility index (Phi) is 5.80. The van der Waals surface area contributed by atoms with Crippen LogP contribution in [0.2, 0.25) is 5.02 Å². The quantitative estimate of drug-likeness (QED) is 0.474. The molecule has 4 N–H and O–H groups in total. The fourth-order valence-corrected chi connectivity index (χ4v) is 2.88. The van der Waals surface area contributed by atoms with Gasteiger partial charge in [0.15, 0.2) is 0 Å². The number of nitrogens with one attached hydrogen (secondary N) is 2. The molecule has 8 heteroatoms. The molecule has 0 saturated carbocycles. The van der Waals surface area contributed by atoms with Crippen LogP contribution in [0.15, 0.2) is 66.7 Å². The number of carbonyl (C=O) groups is 3. The highest BCUT2D eigenvalue weighted by molar-refractivity contribution is 6.34. The molecule has 0 aliphatic rings. The van der Waals surface area contributed by atoms with Crippen LogP contribution in [0.4, 0.5) is 11.4 Å². The Morgan fingerprint density at radius 2 is 1.69 bits per heavy atom. The standard InChI is InChI=1S/C21H15ClN2O5/c22-15-7-6-13(11-16(15)24-18(26)9-10-19(27)28)23-21(29)20-14-4-2-1-3-12(14)5-8-17(20)25/h1-11,25H,(H,23,29)(H,24,26)(H,27,28). The van der Waals surface area contributed by atoms with E-state index in [-0.39, 0.29) is 22.0 Å². The van der Waals surface area contributed by atoms with Crippen LogP contribution in [0, 0.1) is 0 Å². The van der Waals surface area contributed by atoms with Gasteiger partial charge in [0.05, 0.1) is 16.3 Å². The Balaban J connectivity index is 1.86. The zero-order valence-corrected chi connectivity index (χ0v) is 15.6. The highest BCUT2D eigenvalue weighted by atomic mass is 35.5. The molecule has 0 spiro atoms. The summed E-state index contributed by atoms with van der Waals surface area (Å²) in [7, 11) is 0. The summed E-state index contributed by atoms with van der Waals surface area (Å²) < 4.78 is 0. The summed E-state index contributed by atoms with van der Waals surface area (Å²) in [5, 5.41) is 25.4. The number of carbonyl (C=O) groups excluding carboxylic acids is 2. The molecule has 0 unspecified atom stereocenters. The van der Waals surface area contributed by atoms with Crippen molar-refractivity contribution >= 4 is 51.5 Å². The van der Waals surface area contributed by atoms with E-state index in [0.717, 1.165) is 11.5 Å². The second kappa shape index (κ2) is 8.45. The summed E-state index contributed by atoms with van der Waals surface area (Å²) in [6.45, 7) is 0. The SMILES string of the molecule is O=C(O)C=CC(=O)Nc1cc(NC(=O)c2c(O)ccc3ccccc23)ccc1Cl. The third-order valence-electron chi connectivity index (χ3n) is 3.99. The predicted octanol–water partition coefficient (Wildman–Crippen LogP) is 4.03. The van der Waals surface area contributed by atoms with E-state index >= 15 is 0 Å². The summed E-state index contributed by atoms with van der Waals surface area (Å²) in [5.41, 5.74) is 0.629. The molecule has 3 aromatic carbocycles. The maximum absolute atomic E-state index is 12.8. The van der Waals surface area contributed by atoms with Crippen LogP contribution in [-0.2, 0) is 9.59 Å². The summed E-state index contributed by atoms with van der Waals surface area (Å²) in [4.78, 5) is 35.0. The predicted molar refractivity (Wildman–Crippen MR) is 110 cm³/mol. The minimum atomic E-state index is -1.26. The van der Waals surface area contributed by atoms with Gasteiger partial charge in [-0.1, -0.05) is 41.9 Å². The summed E-state index contributed by atoms with van der Waals surface area (Å²) in [5.74, 6) is -2.65. The van der Waals surface area contributed by atoms with Crippen molar-refractivity contribution in [3.63, 3.8) is 0 Å². The highest BCUT2D eigenvalue weighted by Gasteiger charge is 2.16. The monoisotopic (exact) mass is 410 g/mol. The van der Waals surface area contributed by atoms with Crippen molar-refractivity contribution in [1.82, 2.24) is 0 Å². The van der Waals surface area contributed by atoms with Gasteiger partial charge in [0.2, 0.25) is 5.91 Å². The third-order valence-corrected chi connectivity index (χ3v) is 4.32. The van der Waals surface area contributed by atoms with Gasteiger partial charge in [-0.25, -0.2) is 4.79 Å². The molecule has 7 nitrogen and oxygen atoms in total. The number of hydrogen-bond donors (Lipinski definition) is 4. The van der Waals surface area contributed by atoms with Crippen LogP contribution in [0.5, 0.6) is 5.75 Å². The number of aliphatic carboxylic acids is 1. The topological polar surface area (TPSA) is 116 Å². The van der Waals surface area contributed by atoms with Crippen molar-refractivity contribution in [1.29, 1.82) is 0 Å². The molecule has 29 heavy (non-hydrogen) atoms. The van der Waals surface area contributed by atoms with Gasteiger partial charge < -0.3 is 20.8 Å². The zero-order valence-electron chi connectivity index (χ0n) is 14.8. The first-order valence-electron chi connectivity index (χ1n) is 8.39. The van der Waals surface area contributed by atoms with Crippen LogP contribution in [0.25, 0.3) is 10.8 Å². The Morgan fingerprint density at radius 3 is 2.45 bits per heavy atom. The maximum Gasteiger partial charge on any atom is 0.328 e. The minimum Gasteiger partial charge on any atom is -0.507 e. The van der Waals surface area contributed by atoms with Gasteiger partial charge in [-0.3, -0.25) is 9.59 Å². The van der Waals surface area contributed by atoms with E-state index < -0.39 is 17.8 Å². The van der Waals surface area contributed by atoms with Crippen molar-refractivity contribution in [2.75, 3.05) is 10.6 Å². The lowest BCUT2D eigenvalue weighted by Crippen LogP contribution is -2.14.